The van der Waals surface area contributed by atoms with Crippen LogP contribution in [0.3, 0.4) is 0 Å². The van der Waals surface area contributed by atoms with Gasteiger partial charge < -0.3 is 19.2 Å². The molecule has 0 bridgehead atoms. The molecule has 3 amide bonds. The van der Waals surface area contributed by atoms with E-state index in [1.54, 1.807) is 12.1 Å². The summed E-state index contributed by atoms with van der Waals surface area (Å²) >= 11 is 12.5. The summed E-state index contributed by atoms with van der Waals surface area (Å²) in [7, 11) is 1.22. The molecule has 0 aliphatic carbocycles. The lowest BCUT2D eigenvalue weighted by atomic mass is 10.1. The molecule has 10 heteroatoms. The number of nitrogens with zero attached hydrogens (tertiary/aromatic N) is 1. The van der Waals surface area contributed by atoms with Crippen LogP contribution in [0.25, 0.3) is 6.08 Å². The van der Waals surface area contributed by atoms with E-state index >= 15 is 0 Å². The normalized spacial score (nSPS) is 15.1. The molecular weight excluding hydrogens is 435 g/mol. The van der Waals surface area contributed by atoms with E-state index in [1.807, 2.05) is 13.8 Å². The minimum Gasteiger partial charge on any atom is -0.488 e. The Kier molecular flexibility index (Phi) is 6.38. The third-order valence-corrected chi connectivity index (χ3v) is 4.57. The second-order valence-corrected chi connectivity index (χ2v) is 7.43. The number of nitrogens with one attached hydrogen (secondary N) is 1. The van der Waals surface area contributed by atoms with Gasteiger partial charge in [0.15, 0.2) is 5.75 Å². The third-order valence-electron chi connectivity index (χ3n) is 4.01. The van der Waals surface area contributed by atoms with Gasteiger partial charge in [0, 0.05) is 0 Å². The van der Waals surface area contributed by atoms with Gasteiger partial charge in [0.1, 0.15) is 11.5 Å². The Morgan fingerprint density at radius 3 is 2.50 bits per heavy atom. The molecule has 2 heterocycles. The van der Waals surface area contributed by atoms with Crippen LogP contribution in [0.4, 0.5) is 4.79 Å². The largest absolute Gasteiger partial charge is 0.488 e. The van der Waals surface area contributed by atoms with Gasteiger partial charge in [-0.3, -0.25) is 9.69 Å². The summed E-state index contributed by atoms with van der Waals surface area (Å²) in [5.41, 5.74) is 0.557. The van der Waals surface area contributed by atoms with Crippen LogP contribution in [0.1, 0.15) is 35.7 Å². The van der Waals surface area contributed by atoms with E-state index in [4.69, 9.17) is 32.4 Å². The van der Waals surface area contributed by atoms with Gasteiger partial charge in [-0.2, -0.15) is 0 Å². The summed E-state index contributed by atoms with van der Waals surface area (Å²) < 4.78 is 15.4. The number of esters is 1. The van der Waals surface area contributed by atoms with Gasteiger partial charge in [-0.1, -0.05) is 23.2 Å². The van der Waals surface area contributed by atoms with E-state index in [0.29, 0.717) is 11.3 Å². The number of furan rings is 1. The lowest BCUT2D eigenvalue weighted by molar-refractivity contribution is -0.123. The van der Waals surface area contributed by atoms with Crippen molar-refractivity contribution in [1.29, 1.82) is 0 Å². The van der Waals surface area contributed by atoms with Crippen LogP contribution in [-0.4, -0.2) is 36.0 Å². The SMILES string of the molecule is COC(=O)c1ccc(CN2C(=O)N/C(=C\c3cc(Cl)c(OC(C)C)c(Cl)c3)C2=O)o1. The molecule has 1 saturated heterocycles. The maximum atomic E-state index is 12.7. The Hall–Kier alpha value is -2.97. The van der Waals surface area contributed by atoms with E-state index < -0.39 is 17.9 Å². The number of rotatable bonds is 6. The van der Waals surface area contributed by atoms with Crippen molar-refractivity contribution in [2.45, 2.75) is 26.5 Å². The summed E-state index contributed by atoms with van der Waals surface area (Å²) in [6.45, 7) is 3.54. The molecule has 30 heavy (non-hydrogen) atoms. The number of urea groups is 1. The smallest absolute Gasteiger partial charge is 0.373 e. The molecule has 2 aromatic rings. The third kappa shape index (κ3) is 4.60. The van der Waals surface area contributed by atoms with Crippen molar-refractivity contribution in [3.05, 3.63) is 57.1 Å². The van der Waals surface area contributed by atoms with E-state index in [9.17, 15) is 14.4 Å². The fraction of sp³-hybridized carbons (Fsp3) is 0.250. The first-order chi connectivity index (χ1) is 14.2. The van der Waals surface area contributed by atoms with Gasteiger partial charge in [0.05, 0.1) is 29.8 Å². The highest BCUT2D eigenvalue weighted by atomic mass is 35.5. The monoisotopic (exact) mass is 452 g/mol. The number of amides is 3. The summed E-state index contributed by atoms with van der Waals surface area (Å²) in [6, 6.07) is 5.42. The lowest BCUT2D eigenvalue weighted by Crippen LogP contribution is -2.30. The maximum absolute atomic E-state index is 12.7. The highest BCUT2D eigenvalue weighted by Gasteiger charge is 2.34. The summed E-state index contributed by atoms with van der Waals surface area (Å²) in [6.07, 6.45) is 1.34. The quantitative estimate of drug-likeness (QED) is 0.399. The van der Waals surface area contributed by atoms with Crippen molar-refractivity contribution in [2.24, 2.45) is 0 Å². The predicted octanol–water partition coefficient (Wildman–Crippen LogP) is 4.25. The van der Waals surface area contributed by atoms with Crippen molar-refractivity contribution in [3.8, 4) is 5.75 Å². The molecule has 1 aromatic carbocycles. The number of benzene rings is 1. The first-order valence-electron chi connectivity index (χ1n) is 8.87. The molecule has 1 aromatic heterocycles. The second-order valence-electron chi connectivity index (χ2n) is 6.62. The second kappa shape index (κ2) is 8.81. The number of imide groups is 1. The average Bonchev–Trinajstić information content (AvgIpc) is 3.25. The predicted molar refractivity (Wildman–Crippen MR) is 109 cm³/mol. The van der Waals surface area contributed by atoms with Crippen molar-refractivity contribution in [1.82, 2.24) is 10.2 Å². The number of carbonyl (C=O) groups is 3. The lowest BCUT2D eigenvalue weighted by Gasteiger charge is -2.13. The van der Waals surface area contributed by atoms with Crippen LogP contribution in [0.15, 0.2) is 34.4 Å². The van der Waals surface area contributed by atoms with Crippen molar-refractivity contribution in [2.75, 3.05) is 7.11 Å². The van der Waals surface area contributed by atoms with Gasteiger partial charge in [0.2, 0.25) is 5.76 Å². The number of hydrogen-bond acceptors (Lipinski definition) is 6. The van der Waals surface area contributed by atoms with Crippen LogP contribution >= 0.6 is 23.2 Å². The zero-order chi connectivity index (χ0) is 22.0. The summed E-state index contributed by atoms with van der Waals surface area (Å²) in [5.74, 6) is -0.647. The first kappa shape index (κ1) is 21.7. The molecule has 0 atom stereocenters. The van der Waals surface area contributed by atoms with Gasteiger partial charge in [0.25, 0.3) is 5.91 Å². The molecule has 0 saturated carbocycles. The van der Waals surface area contributed by atoms with E-state index in [-0.39, 0.29) is 39.9 Å². The molecule has 0 spiro atoms. The Labute approximate surface area is 182 Å². The summed E-state index contributed by atoms with van der Waals surface area (Å²) in [4.78, 5) is 37.3. The zero-order valence-electron chi connectivity index (χ0n) is 16.3. The molecule has 0 radical (unpaired) electrons. The Morgan fingerprint density at radius 2 is 1.90 bits per heavy atom. The van der Waals surface area contributed by atoms with Crippen molar-refractivity contribution < 1.29 is 28.3 Å². The highest BCUT2D eigenvalue weighted by molar-refractivity contribution is 6.37. The van der Waals surface area contributed by atoms with Gasteiger partial charge in [-0.15, -0.1) is 0 Å². The van der Waals surface area contributed by atoms with Gasteiger partial charge in [-0.25, -0.2) is 9.59 Å². The van der Waals surface area contributed by atoms with Crippen LogP contribution < -0.4 is 10.1 Å². The molecule has 1 N–H and O–H groups in total. The topological polar surface area (TPSA) is 98.1 Å². The van der Waals surface area contributed by atoms with Gasteiger partial charge >= 0.3 is 12.0 Å². The molecule has 1 aliphatic heterocycles. The standard InChI is InChI=1S/C20H18Cl2N2O6/c1-10(2)29-17-13(21)6-11(7-14(17)22)8-15-18(25)24(20(27)23-15)9-12-4-5-16(30-12)19(26)28-3/h4-8,10H,9H2,1-3H3,(H,23,27)/b15-8-. The number of methoxy groups -OCH3 is 1. The number of ether oxygens (including phenoxy) is 2. The molecule has 3 rings (SSSR count). The Morgan fingerprint density at radius 1 is 1.23 bits per heavy atom. The van der Waals surface area contributed by atoms with Crippen molar-refractivity contribution in [3.63, 3.8) is 0 Å². The summed E-state index contributed by atoms with van der Waals surface area (Å²) in [5, 5.41) is 3.06. The molecule has 158 valence electrons. The van der Waals surface area contributed by atoms with Crippen LogP contribution in [0, 0.1) is 0 Å². The van der Waals surface area contributed by atoms with Crippen LogP contribution in [0.5, 0.6) is 5.75 Å². The molecule has 8 nitrogen and oxygen atoms in total. The Bertz CT molecular complexity index is 1020. The van der Waals surface area contributed by atoms with Crippen molar-refractivity contribution >= 4 is 47.2 Å². The number of halogens is 2. The minimum atomic E-state index is -0.655. The van der Waals surface area contributed by atoms with E-state index in [2.05, 4.69) is 10.1 Å². The molecule has 1 fully saturated rings. The highest BCUT2D eigenvalue weighted by Crippen LogP contribution is 2.35. The molecular formula is C20H18Cl2N2O6. The number of carbonyl (C=O) groups excluding carboxylic acids is 3. The minimum absolute atomic E-state index is 0.0247. The van der Waals surface area contributed by atoms with Crippen LogP contribution in [0.2, 0.25) is 10.0 Å². The van der Waals surface area contributed by atoms with E-state index in [0.717, 1.165) is 4.90 Å². The van der Waals surface area contributed by atoms with E-state index in [1.165, 1.54) is 25.3 Å². The van der Waals surface area contributed by atoms with Crippen LogP contribution in [-0.2, 0) is 16.1 Å². The fourth-order valence-electron chi connectivity index (χ4n) is 2.72. The first-order valence-corrected chi connectivity index (χ1v) is 9.62. The Balaban J connectivity index is 1.79. The molecule has 0 unspecified atom stereocenters. The molecule has 1 aliphatic rings. The average molecular weight is 453 g/mol. The van der Waals surface area contributed by atoms with Gasteiger partial charge in [-0.05, 0) is 49.8 Å². The fourth-order valence-corrected chi connectivity index (χ4v) is 3.32. The zero-order valence-corrected chi connectivity index (χ0v) is 17.8. The number of hydrogen-bond donors (Lipinski definition) is 1. The maximum Gasteiger partial charge on any atom is 0.373 e.